The van der Waals surface area contributed by atoms with Crippen molar-refractivity contribution in [2.75, 3.05) is 6.61 Å². The molecular formula is C24H21FN2O4. The summed E-state index contributed by atoms with van der Waals surface area (Å²) in [4.78, 5) is 30.4. The molecule has 158 valence electrons. The van der Waals surface area contributed by atoms with Crippen LogP contribution >= 0.6 is 0 Å². The molecule has 0 fully saturated rings. The molecular weight excluding hydrogens is 399 g/mol. The van der Waals surface area contributed by atoms with Crippen molar-refractivity contribution in [2.45, 2.75) is 52.4 Å². The minimum atomic E-state index is -0.915. The van der Waals surface area contributed by atoms with Crippen LogP contribution in [0.2, 0.25) is 0 Å². The monoisotopic (exact) mass is 420 g/mol. The van der Waals surface area contributed by atoms with E-state index in [2.05, 4.69) is 0 Å². The minimum Gasteiger partial charge on any atom is -0.458 e. The molecule has 0 bridgehead atoms. The second-order valence-electron chi connectivity index (χ2n) is 8.43. The van der Waals surface area contributed by atoms with E-state index in [1.54, 1.807) is 11.5 Å². The second-order valence-corrected chi connectivity index (χ2v) is 8.43. The lowest BCUT2D eigenvalue weighted by molar-refractivity contribution is -0.161. The number of cyclic esters (lactones) is 1. The Labute approximate surface area is 177 Å². The maximum absolute atomic E-state index is 14.6. The van der Waals surface area contributed by atoms with Gasteiger partial charge in [-0.05, 0) is 55.9 Å². The predicted molar refractivity (Wildman–Crippen MR) is 111 cm³/mol. The first kappa shape index (κ1) is 18.7. The maximum atomic E-state index is 14.6. The van der Waals surface area contributed by atoms with E-state index < -0.39 is 12.1 Å². The summed E-state index contributed by atoms with van der Waals surface area (Å²) in [6, 6.07) is 3.34. The third-order valence-corrected chi connectivity index (χ3v) is 6.85. The fraction of sp³-hybridized carbons (Fsp3) is 0.375. The van der Waals surface area contributed by atoms with Crippen molar-refractivity contribution in [3.05, 3.63) is 61.7 Å². The molecule has 0 N–H and O–H groups in total. The summed E-state index contributed by atoms with van der Waals surface area (Å²) < 4.78 is 27.1. The number of carbonyl (C=O) groups excluding carboxylic acids is 1. The van der Waals surface area contributed by atoms with E-state index in [9.17, 15) is 14.0 Å². The number of hydrogen-bond donors (Lipinski definition) is 0. The average molecular weight is 420 g/mol. The third-order valence-electron chi connectivity index (χ3n) is 6.85. The predicted octanol–water partition coefficient (Wildman–Crippen LogP) is 3.50. The molecule has 0 amide bonds. The van der Waals surface area contributed by atoms with E-state index in [1.165, 1.54) is 11.6 Å². The van der Waals surface area contributed by atoms with Crippen LogP contribution in [0.15, 0.2) is 16.9 Å². The largest absolute Gasteiger partial charge is 0.458 e. The fourth-order valence-electron chi connectivity index (χ4n) is 5.37. The van der Waals surface area contributed by atoms with Crippen LogP contribution in [0.25, 0.3) is 22.3 Å². The van der Waals surface area contributed by atoms with Crippen LogP contribution in [0.5, 0.6) is 0 Å². The van der Waals surface area contributed by atoms with Crippen molar-refractivity contribution in [1.29, 1.82) is 0 Å². The maximum Gasteiger partial charge on any atom is 0.340 e. The van der Waals surface area contributed by atoms with E-state index in [4.69, 9.17) is 14.5 Å². The normalized spacial score (nSPS) is 18.5. The molecule has 1 unspecified atom stereocenters. The number of carbonyl (C=O) groups is 1. The van der Waals surface area contributed by atoms with Crippen molar-refractivity contribution in [2.24, 2.45) is 0 Å². The Bertz CT molecular complexity index is 1370. The van der Waals surface area contributed by atoms with E-state index in [-0.39, 0.29) is 18.0 Å². The molecule has 6 nitrogen and oxygen atoms in total. The summed E-state index contributed by atoms with van der Waals surface area (Å²) in [6.07, 6.45) is 1.75. The number of rotatable bonds is 2. The van der Waals surface area contributed by atoms with Gasteiger partial charge in [-0.1, -0.05) is 0 Å². The number of pyridine rings is 2. The average Bonchev–Trinajstić information content (AvgIpc) is 3.13. The van der Waals surface area contributed by atoms with E-state index in [0.29, 0.717) is 46.7 Å². The molecule has 0 radical (unpaired) electrons. The van der Waals surface area contributed by atoms with Crippen LogP contribution < -0.4 is 5.56 Å². The molecule has 6 rings (SSSR count). The molecule has 1 atom stereocenters. The van der Waals surface area contributed by atoms with Gasteiger partial charge in [-0.15, -0.1) is 0 Å². The summed E-state index contributed by atoms with van der Waals surface area (Å²) in [5.74, 6) is -0.733. The minimum absolute atomic E-state index is 0.0516. The first-order valence-corrected chi connectivity index (χ1v) is 10.7. The van der Waals surface area contributed by atoms with Crippen LogP contribution in [0.4, 0.5) is 4.39 Å². The Morgan fingerprint density at radius 2 is 2.00 bits per heavy atom. The molecule has 1 aromatic carbocycles. The lowest BCUT2D eigenvalue weighted by Gasteiger charge is -2.24. The molecule has 4 heterocycles. The summed E-state index contributed by atoms with van der Waals surface area (Å²) in [5, 5.41) is 1.04. The van der Waals surface area contributed by atoms with Gasteiger partial charge < -0.3 is 14.0 Å². The van der Waals surface area contributed by atoms with Gasteiger partial charge in [-0.2, -0.15) is 0 Å². The summed E-state index contributed by atoms with van der Waals surface area (Å²) in [5.41, 5.74) is 6.72. The number of nitrogens with zero attached hydrogens (tertiary/aromatic N) is 2. The second kappa shape index (κ2) is 6.47. The Kier molecular flexibility index (Phi) is 3.90. The number of aryl methyl sites for hydroxylation is 2. The number of esters is 1. The van der Waals surface area contributed by atoms with Crippen LogP contribution in [0, 0.1) is 12.7 Å². The molecule has 0 spiro atoms. The zero-order valence-electron chi connectivity index (χ0n) is 17.4. The molecule has 0 saturated heterocycles. The zero-order chi connectivity index (χ0) is 21.4. The number of benzene rings is 1. The number of fused-ring (bicyclic) bond motifs is 5. The Morgan fingerprint density at radius 3 is 2.81 bits per heavy atom. The highest BCUT2D eigenvalue weighted by atomic mass is 19.1. The van der Waals surface area contributed by atoms with Crippen molar-refractivity contribution in [3.8, 4) is 11.4 Å². The third kappa shape index (κ3) is 2.44. The number of halogens is 1. The molecule has 2 aromatic heterocycles. The van der Waals surface area contributed by atoms with E-state index in [0.717, 1.165) is 35.8 Å². The number of ether oxygens (including phenoxy) is 2. The molecule has 3 aromatic rings. The van der Waals surface area contributed by atoms with Crippen molar-refractivity contribution >= 4 is 16.9 Å². The SMILES string of the molecule is CCOC1C(=O)OCc2c1cc1n(c2=O)Cc2c-1nc1cc(F)c(C)c3c1c2CCC3. The fourth-order valence-corrected chi connectivity index (χ4v) is 5.37. The van der Waals surface area contributed by atoms with Crippen molar-refractivity contribution in [1.82, 2.24) is 9.55 Å². The van der Waals surface area contributed by atoms with Gasteiger partial charge in [-0.3, -0.25) is 4.79 Å². The molecule has 1 aliphatic carbocycles. The van der Waals surface area contributed by atoms with E-state index in [1.807, 2.05) is 13.0 Å². The highest BCUT2D eigenvalue weighted by Crippen LogP contribution is 2.42. The van der Waals surface area contributed by atoms with Gasteiger partial charge in [0.15, 0.2) is 6.10 Å². The lowest BCUT2D eigenvalue weighted by atomic mass is 9.85. The molecule has 2 aliphatic heterocycles. The van der Waals surface area contributed by atoms with Gasteiger partial charge in [0.05, 0.1) is 29.0 Å². The molecule has 7 heteroatoms. The highest BCUT2D eigenvalue weighted by Gasteiger charge is 2.36. The quantitative estimate of drug-likeness (QED) is 0.464. The van der Waals surface area contributed by atoms with Gasteiger partial charge in [0, 0.05) is 29.2 Å². The molecule has 31 heavy (non-hydrogen) atoms. The van der Waals surface area contributed by atoms with Gasteiger partial charge >= 0.3 is 5.97 Å². The van der Waals surface area contributed by atoms with Crippen molar-refractivity contribution in [3.63, 3.8) is 0 Å². The zero-order valence-corrected chi connectivity index (χ0v) is 17.4. The summed E-state index contributed by atoms with van der Waals surface area (Å²) in [6.45, 7) is 4.32. The van der Waals surface area contributed by atoms with Crippen LogP contribution in [0.1, 0.15) is 52.8 Å². The molecule has 0 saturated carbocycles. The highest BCUT2D eigenvalue weighted by molar-refractivity contribution is 5.92. The lowest BCUT2D eigenvalue weighted by Crippen LogP contribution is -2.33. The Hall–Kier alpha value is -3.06. The smallest absolute Gasteiger partial charge is 0.340 e. The number of hydrogen-bond acceptors (Lipinski definition) is 5. The Morgan fingerprint density at radius 1 is 1.19 bits per heavy atom. The summed E-state index contributed by atoms with van der Waals surface area (Å²) >= 11 is 0. The van der Waals surface area contributed by atoms with Crippen LogP contribution in [0.3, 0.4) is 0 Å². The first-order chi connectivity index (χ1) is 15.0. The van der Waals surface area contributed by atoms with Gasteiger partial charge in [0.25, 0.3) is 5.56 Å². The summed E-state index contributed by atoms with van der Waals surface area (Å²) in [7, 11) is 0. The topological polar surface area (TPSA) is 70.4 Å². The van der Waals surface area contributed by atoms with E-state index >= 15 is 0 Å². The standard InChI is InChI=1S/C24H21FN2O4/c1-3-30-22-14-7-19-21-15(9-27(19)23(28)16(14)10-31-24(22)29)13-6-4-5-12-11(2)17(25)8-18(26-21)20(12)13/h7-8,22H,3-6,9-10H2,1-2H3. The van der Waals surface area contributed by atoms with Crippen LogP contribution in [-0.2, 0) is 40.3 Å². The first-order valence-electron chi connectivity index (χ1n) is 10.7. The number of aromatic nitrogens is 2. The molecule has 3 aliphatic rings. The van der Waals surface area contributed by atoms with Crippen molar-refractivity contribution < 1.29 is 18.7 Å². The Balaban J connectivity index is 1.64. The van der Waals surface area contributed by atoms with Gasteiger partial charge in [0.1, 0.15) is 12.4 Å². The van der Waals surface area contributed by atoms with Crippen LogP contribution in [-0.4, -0.2) is 22.1 Å². The van der Waals surface area contributed by atoms with Gasteiger partial charge in [-0.25, -0.2) is 14.2 Å². The van der Waals surface area contributed by atoms with Gasteiger partial charge in [0.2, 0.25) is 0 Å².